The van der Waals surface area contributed by atoms with Crippen LogP contribution < -0.4 is 11.1 Å². The number of pyridine rings is 1. The van der Waals surface area contributed by atoms with Crippen molar-refractivity contribution in [3.63, 3.8) is 0 Å². The van der Waals surface area contributed by atoms with Gasteiger partial charge in [-0.15, -0.1) is 0 Å². The van der Waals surface area contributed by atoms with Crippen LogP contribution in [0.15, 0.2) is 12.3 Å². The number of carbonyl (C=O) groups is 1. The zero-order chi connectivity index (χ0) is 14.4. The van der Waals surface area contributed by atoms with Crippen LogP contribution in [0.2, 0.25) is 0 Å². The summed E-state index contributed by atoms with van der Waals surface area (Å²) in [6, 6.07) is 1.46. The largest absolute Gasteiger partial charge is 0.462 e. The lowest BCUT2D eigenvalue weighted by atomic mass is 10.2. The lowest BCUT2D eigenvalue weighted by molar-refractivity contribution is 0.0527. The number of esters is 1. The number of nitrogens with zero attached hydrogens (tertiary/aromatic N) is 1. The van der Waals surface area contributed by atoms with Crippen LogP contribution in [0.3, 0.4) is 0 Å². The van der Waals surface area contributed by atoms with Crippen molar-refractivity contribution < 1.29 is 13.7 Å². The molecular weight excluding hydrogens is 266 g/mol. The van der Waals surface area contributed by atoms with Gasteiger partial charge in [0.15, 0.2) is 0 Å². The Morgan fingerprint density at radius 1 is 1.63 bits per heavy atom. The van der Waals surface area contributed by atoms with Crippen molar-refractivity contribution >= 4 is 28.3 Å². The van der Waals surface area contributed by atoms with Gasteiger partial charge in [-0.25, -0.2) is 9.78 Å². The smallest absolute Gasteiger partial charge is 0.340 e. The van der Waals surface area contributed by atoms with Crippen LogP contribution in [0.1, 0.15) is 24.2 Å². The predicted molar refractivity (Wildman–Crippen MR) is 76.6 cm³/mol. The van der Waals surface area contributed by atoms with Crippen LogP contribution in [-0.4, -0.2) is 39.8 Å². The van der Waals surface area contributed by atoms with Crippen LogP contribution in [-0.2, 0) is 15.5 Å². The fourth-order valence-corrected chi connectivity index (χ4v) is 2.39. The summed E-state index contributed by atoms with van der Waals surface area (Å²) in [4.78, 5) is 15.8. The first-order valence-electron chi connectivity index (χ1n) is 5.93. The number of nitrogen functional groups attached to an aromatic ring is 1. The summed E-state index contributed by atoms with van der Waals surface area (Å²) in [6.45, 7) is 3.89. The molecule has 0 bridgehead atoms. The highest BCUT2D eigenvalue weighted by atomic mass is 32.2. The Kier molecular flexibility index (Phi) is 5.75. The number of hydrogen-bond acceptors (Lipinski definition) is 6. The number of ether oxygens (including phenoxy) is 1. The molecule has 0 spiro atoms. The van der Waals surface area contributed by atoms with E-state index in [1.54, 1.807) is 13.2 Å². The topological polar surface area (TPSA) is 94.3 Å². The molecule has 1 aromatic heterocycles. The molecule has 0 radical (unpaired) electrons. The molecule has 19 heavy (non-hydrogen) atoms. The van der Waals surface area contributed by atoms with Gasteiger partial charge in [0.2, 0.25) is 0 Å². The van der Waals surface area contributed by atoms with E-state index in [0.717, 1.165) is 0 Å². The van der Waals surface area contributed by atoms with E-state index in [2.05, 4.69) is 10.3 Å². The number of anilines is 2. The van der Waals surface area contributed by atoms with E-state index in [1.165, 1.54) is 12.3 Å². The van der Waals surface area contributed by atoms with Crippen molar-refractivity contribution in [1.29, 1.82) is 0 Å². The van der Waals surface area contributed by atoms with Crippen molar-refractivity contribution in [2.45, 2.75) is 19.9 Å². The highest BCUT2D eigenvalue weighted by Gasteiger charge is 2.15. The molecule has 0 saturated carbocycles. The van der Waals surface area contributed by atoms with Crippen LogP contribution in [0.5, 0.6) is 0 Å². The van der Waals surface area contributed by atoms with E-state index in [0.29, 0.717) is 11.6 Å². The van der Waals surface area contributed by atoms with Crippen molar-refractivity contribution in [3.8, 4) is 0 Å². The van der Waals surface area contributed by atoms with Gasteiger partial charge in [-0.2, -0.15) is 0 Å². The number of hydrogen-bond donors (Lipinski definition) is 2. The molecule has 0 aliphatic rings. The number of nitrogens with one attached hydrogen (secondary N) is 1. The zero-order valence-electron chi connectivity index (χ0n) is 11.3. The van der Waals surface area contributed by atoms with Gasteiger partial charge < -0.3 is 15.8 Å². The number of rotatable bonds is 6. The summed E-state index contributed by atoms with van der Waals surface area (Å²) in [5.41, 5.74) is 6.42. The molecule has 7 heteroatoms. The summed E-state index contributed by atoms with van der Waals surface area (Å²) < 4.78 is 16.0. The fraction of sp³-hybridized carbons (Fsp3) is 0.500. The predicted octanol–water partition coefficient (Wildman–Crippen LogP) is 1.02. The lowest BCUT2D eigenvalue weighted by Crippen LogP contribution is -2.24. The van der Waals surface area contributed by atoms with E-state index in [4.69, 9.17) is 10.5 Å². The second kappa shape index (κ2) is 7.08. The normalized spacial score (nSPS) is 13.6. The van der Waals surface area contributed by atoms with Gasteiger partial charge in [-0.3, -0.25) is 4.21 Å². The number of nitrogens with two attached hydrogens (primary N) is 1. The fourth-order valence-electron chi connectivity index (χ4n) is 1.60. The molecule has 0 aliphatic carbocycles. The lowest BCUT2D eigenvalue weighted by Gasteiger charge is -2.16. The Hall–Kier alpha value is -1.63. The monoisotopic (exact) mass is 285 g/mol. The molecule has 1 aromatic rings. The molecule has 2 atom stereocenters. The second-order valence-electron chi connectivity index (χ2n) is 4.13. The van der Waals surface area contributed by atoms with Gasteiger partial charge in [-0.1, -0.05) is 0 Å². The third kappa shape index (κ3) is 4.51. The van der Waals surface area contributed by atoms with Gasteiger partial charge in [0.05, 0.1) is 17.9 Å². The highest BCUT2D eigenvalue weighted by molar-refractivity contribution is 7.84. The average Bonchev–Trinajstić information content (AvgIpc) is 2.31. The minimum atomic E-state index is -0.916. The molecule has 106 valence electrons. The van der Waals surface area contributed by atoms with Crippen LogP contribution in [0, 0.1) is 0 Å². The van der Waals surface area contributed by atoms with Gasteiger partial charge in [-0.05, 0) is 19.9 Å². The van der Waals surface area contributed by atoms with Crippen molar-refractivity contribution in [3.05, 3.63) is 17.8 Å². The Labute approximate surface area is 115 Å². The van der Waals surface area contributed by atoms with Crippen LogP contribution in [0.4, 0.5) is 11.5 Å². The standard InChI is InChI=1S/C12H19N3O3S/c1-4-18-12(16)9-5-6-14-11(10(9)13)15-8(2)7-19(3)17/h5-6,8H,4,7,13H2,1-3H3,(H,14,15). The maximum absolute atomic E-state index is 11.7. The number of carbonyl (C=O) groups excluding carboxylic acids is 1. The Morgan fingerprint density at radius 2 is 2.32 bits per heavy atom. The minimum absolute atomic E-state index is 0.0573. The van der Waals surface area contributed by atoms with Gasteiger partial charge >= 0.3 is 5.97 Å². The minimum Gasteiger partial charge on any atom is -0.462 e. The summed E-state index contributed by atoms with van der Waals surface area (Å²) >= 11 is 0. The summed E-state index contributed by atoms with van der Waals surface area (Å²) in [5, 5.41) is 3.04. The van der Waals surface area contributed by atoms with E-state index in [1.807, 2.05) is 6.92 Å². The third-order valence-electron chi connectivity index (χ3n) is 2.35. The summed E-state index contributed by atoms with van der Waals surface area (Å²) in [5.74, 6) is 0.408. The Morgan fingerprint density at radius 3 is 2.89 bits per heavy atom. The average molecular weight is 285 g/mol. The molecule has 0 fully saturated rings. The second-order valence-corrected chi connectivity index (χ2v) is 5.61. The van der Waals surface area contributed by atoms with Crippen molar-refractivity contribution in [1.82, 2.24) is 4.98 Å². The molecule has 1 rings (SSSR count). The Balaban J connectivity index is 2.88. The maximum Gasteiger partial charge on any atom is 0.340 e. The third-order valence-corrected chi connectivity index (χ3v) is 3.32. The van der Waals surface area contributed by atoms with E-state index >= 15 is 0 Å². The molecular formula is C12H19N3O3S. The first-order valence-corrected chi connectivity index (χ1v) is 7.66. The molecule has 1 heterocycles. The SMILES string of the molecule is CCOC(=O)c1ccnc(NC(C)CS(C)=O)c1N. The molecule has 6 nitrogen and oxygen atoms in total. The first-order chi connectivity index (χ1) is 8.95. The summed E-state index contributed by atoms with van der Waals surface area (Å²) in [7, 11) is -0.916. The molecule has 0 amide bonds. The van der Waals surface area contributed by atoms with Gasteiger partial charge in [0.1, 0.15) is 5.82 Å². The molecule has 0 aromatic carbocycles. The van der Waals surface area contributed by atoms with E-state index in [-0.39, 0.29) is 23.9 Å². The van der Waals surface area contributed by atoms with Crippen molar-refractivity contribution in [2.24, 2.45) is 0 Å². The number of aromatic nitrogens is 1. The zero-order valence-corrected chi connectivity index (χ0v) is 12.1. The molecule has 0 aliphatic heterocycles. The Bertz CT molecular complexity index is 479. The molecule has 0 saturated heterocycles. The van der Waals surface area contributed by atoms with E-state index < -0.39 is 16.8 Å². The van der Waals surface area contributed by atoms with E-state index in [9.17, 15) is 9.00 Å². The molecule has 2 unspecified atom stereocenters. The van der Waals surface area contributed by atoms with Crippen molar-refractivity contribution in [2.75, 3.05) is 29.7 Å². The highest BCUT2D eigenvalue weighted by Crippen LogP contribution is 2.21. The maximum atomic E-state index is 11.7. The quantitative estimate of drug-likeness (QED) is 0.758. The van der Waals surface area contributed by atoms with Gasteiger partial charge in [0, 0.05) is 35.0 Å². The first kappa shape index (κ1) is 15.4. The summed E-state index contributed by atoms with van der Waals surface area (Å²) in [6.07, 6.45) is 3.12. The van der Waals surface area contributed by atoms with Crippen LogP contribution in [0.25, 0.3) is 0 Å². The van der Waals surface area contributed by atoms with Crippen LogP contribution >= 0.6 is 0 Å². The molecule has 3 N–H and O–H groups in total. The van der Waals surface area contributed by atoms with Gasteiger partial charge in [0.25, 0.3) is 0 Å².